The number of carbonyl (C=O) groups excluding carboxylic acids is 2. The molecule has 0 aliphatic carbocycles. The predicted molar refractivity (Wildman–Crippen MR) is 257 cm³/mol. The summed E-state index contributed by atoms with van der Waals surface area (Å²) in [5.41, 5.74) is 0. The molecule has 12 heteroatoms. The summed E-state index contributed by atoms with van der Waals surface area (Å²) in [5.74, 6) is -0.126. The van der Waals surface area contributed by atoms with E-state index in [4.69, 9.17) is 23.6 Å². The molecule has 0 spiro atoms. The van der Waals surface area contributed by atoms with E-state index in [1.54, 1.807) is 0 Å². The molecule has 0 aliphatic heterocycles. The van der Waals surface area contributed by atoms with E-state index in [-0.39, 0.29) is 19.4 Å². The highest BCUT2D eigenvalue weighted by atomic mass is 31.2. The van der Waals surface area contributed by atoms with Gasteiger partial charge in [0.25, 0.3) is 0 Å². The monoisotopic (exact) mass is 911 g/mol. The third kappa shape index (κ3) is 44.6. The first-order chi connectivity index (χ1) is 30.5. The molecule has 4 N–H and O–H groups in total. The number of allylic oxidation sites excluding steroid dienone is 8. The first-order valence-corrected chi connectivity index (χ1v) is 26.2. The molecule has 0 aromatic rings. The van der Waals surface area contributed by atoms with Crippen molar-refractivity contribution in [3.05, 3.63) is 60.8 Å². The zero-order valence-corrected chi connectivity index (χ0v) is 40.7. The van der Waals surface area contributed by atoms with Crippen molar-refractivity contribution in [1.82, 2.24) is 0 Å². The Morgan fingerprint density at radius 3 is 1.68 bits per heavy atom. The summed E-state index contributed by atoms with van der Waals surface area (Å²) in [6, 6.07) is 0. The van der Waals surface area contributed by atoms with Crippen LogP contribution < -0.4 is 0 Å². The van der Waals surface area contributed by atoms with Gasteiger partial charge < -0.3 is 29.7 Å². The molecule has 63 heavy (non-hydrogen) atoms. The summed E-state index contributed by atoms with van der Waals surface area (Å²) < 4.78 is 32.8. The second-order valence-electron chi connectivity index (χ2n) is 16.9. The van der Waals surface area contributed by atoms with E-state index in [1.165, 1.54) is 103 Å². The number of phosphoric ester groups is 1. The molecule has 0 saturated carbocycles. The zero-order valence-electron chi connectivity index (χ0n) is 39.8. The smallest absolute Gasteiger partial charge is 0.462 e. The maximum atomic E-state index is 12.7. The SMILES string of the molecule is CC/C=C\C(O)C/C=C/C=C\C/C=C\C/C=C\CCCC(=O)OC[C@H](COP(=O)(O)OC[C@@H](O)CO)OC(=O)CCCCCCCCCCCCCCCCCCCCC(C)CC. The van der Waals surface area contributed by atoms with Gasteiger partial charge in [-0.05, 0) is 50.9 Å². The van der Waals surface area contributed by atoms with Crippen LogP contribution in [0.4, 0.5) is 0 Å². The van der Waals surface area contributed by atoms with E-state index in [0.717, 1.165) is 44.4 Å². The van der Waals surface area contributed by atoms with Crippen molar-refractivity contribution in [1.29, 1.82) is 0 Å². The fourth-order valence-electron chi connectivity index (χ4n) is 6.61. The van der Waals surface area contributed by atoms with Crippen LogP contribution in [0.2, 0.25) is 0 Å². The van der Waals surface area contributed by atoms with E-state index in [9.17, 15) is 29.3 Å². The summed E-state index contributed by atoms with van der Waals surface area (Å²) in [4.78, 5) is 35.1. The molecule has 0 bridgehead atoms. The Balaban J connectivity index is 4.29. The lowest BCUT2D eigenvalue weighted by atomic mass is 9.99. The van der Waals surface area contributed by atoms with Gasteiger partial charge in [-0.1, -0.05) is 204 Å². The quantitative estimate of drug-likeness (QED) is 0.0151. The molecule has 0 rings (SSSR count). The number of phosphoric acid groups is 1. The van der Waals surface area contributed by atoms with Crippen LogP contribution in [0.3, 0.4) is 0 Å². The van der Waals surface area contributed by atoms with E-state index < -0.39 is 57.9 Å². The highest BCUT2D eigenvalue weighted by Gasteiger charge is 2.27. The van der Waals surface area contributed by atoms with Crippen molar-refractivity contribution in [3.63, 3.8) is 0 Å². The fourth-order valence-corrected chi connectivity index (χ4v) is 7.40. The highest BCUT2D eigenvalue weighted by molar-refractivity contribution is 7.47. The Bertz CT molecular complexity index is 1260. The van der Waals surface area contributed by atoms with Crippen molar-refractivity contribution in [2.24, 2.45) is 5.92 Å². The fraction of sp³-hybridized carbons (Fsp3) is 0.765. The molecule has 5 atom stereocenters. The Kier molecular flexibility index (Phi) is 43.1. The number of unbranched alkanes of at least 4 members (excludes halogenated alkanes) is 18. The van der Waals surface area contributed by atoms with Gasteiger partial charge >= 0.3 is 19.8 Å². The summed E-state index contributed by atoms with van der Waals surface area (Å²) in [6.45, 7) is 4.47. The first-order valence-electron chi connectivity index (χ1n) is 24.7. The number of aliphatic hydroxyl groups is 3. The molecule has 0 saturated heterocycles. The van der Waals surface area contributed by atoms with Crippen molar-refractivity contribution in [2.75, 3.05) is 26.4 Å². The highest BCUT2D eigenvalue weighted by Crippen LogP contribution is 2.43. The third-order valence-electron chi connectivity index (χ3n) is 10.8. The topological polar surface area (TPSA) is 169 Å². The zero-order chi connectivity index (χ0) is 46.5. The van der Waals surface area contributed by atoms with Gasteiger partial charge in [-0.25, -0.2) is 4.57 Å². The number of esters is 2. The first kappa shape index (κ1) is 60.6. The number of rotatable bonds is 45. The van der Waals surface area contributed by atoms with Crippen LogP contribution in [-0.2, 0) is 32.7 Å². The van der Waals surface area contributed by atoms with Gasteiger partial charge in [0.2, 0.25) is 0 Å². The summed E-state index contributed by atoms with van der Waals surface area (Å²) >= 11 is 0. The molecule has 11 nitrogen and oxygen atoms in total. The van der Waals surface area contributed by atoms with Gasteiger partial charge in [-0.2, -0.15) is 0 Å². The predicted octanol–water partition coefficient (Wildman–Crippen LogP) is 12.7. The maximum absolute atomic E-state index is 12.7. The van der Waals surface area contributed by atoms with Gasteiger partial charge in [0, 0.05) is 12.8 Å². The van der Waals surface area contributed by atoms with Crippen LogP contribution in [0.25, 0.3) is 0 Å². The van der Waals surface area contributed by atoms with Crippen LogP contribution in [0, 0.1) is 5.92 Å². The normalized spacial score (nSPS) is 15.2. The van der Waals surface area contributed by atoms with Crippen molar-refractivity contribution in [3.8, 4) is 0 Å². The second-order valence-corrected chi connectivity index (χ2v) is 18.4. The minimum atomic E-state index is -4.65. The third-order valence-corrected chi connectivity index (χ3v) is 11.8. The molecule has 0 radical (unpaired) electrons. The van der Waals surface area contributed by atoms with Gasteiger partial charge in [0.1, 0.15) is 12.7 Å². The Morgan fingerprint density at radius 2 is 1.11 bits per heavy atom. The summed E-state index contributed by atoms with van der Waals surface area (Å²) in [6.07, 6.45) is 46.8. The average molecular weight is 911 g/mol. The van der Waals surface area contributed by atoms with E-state index in [2.05, 4.69) is 26.0 Å². The van der Waals surface area contributed by atoms with E-state index in [1.807, 2.05) is 55.5 Å². The van der Waals surface area contributed by atoms with Crippen LogP contribution in [-0.4, -0.2) is 76.9 Å². The lowest BCUT2D eigenvalue weighted by Crippen LogP contribution is -2.29. The molecule has 0 aromatic heterocycles. The van der Waals surface area contributed by atoms with Crippen molar-refractivity contribution < 1.29 is 52.9 Å². The summed E-state index contributed by atoms with van der Waals surface area (Å²) in [5, 5.41) is 28.2. The Labute approximate surface area is 383 Å². The number of hydrogen-bond donors (Lipinski definition) is 4. The van der Waals surface area contributed by atoms with E-state index >= 15 is 0 Å². The van der Waals surface area contributed by atoms with E-state index in [0.29, 0.717) is 25.7 Å². The van der Waals surface area contributed by atoms with Gasteiger partial charge in [-0.3, -0.25) is 18.6 Å². The van der Waals surface area contributed by atoms with Crippen LogP contribution in [0.1, 0.15) is 201 Å². The lowest BCUT2D eigenvalue weighted by Gasteiger charge is -2.20. The standard InChI is InChI=1S/C51H91O11P/c1-4-6-38-47(53)39-34-30-26-22-18-15-16-19-23-27-31-35-40-50(55)59-44-49(45-61-63(57,58)60-43-48(54)42-52)62-51(56)41-36-32-28-24-20-14-12-10-8-7-9-11-13-17-21-25-29-33-37-46(3)5-2/h6,15-16,22-23,26-27,30,34,38,46-49,52-54H,4-5,7-14,17-21,24-25,28-29,31-33,35-37,39-45H2,1-3H3,(H,57,58)/b16-15-,26-22-,27-23-,34-30+,38-6-/t46?,47?,48-,49+/m0/s1. The molecule has 0 heterocycles. The number of carbonyl (C=O) groups is 2. The minimum absolute atomic E-state index is 0.144. The maximum Gasteiger partial charge on any atom is 0.472 e. The average Bonchev–Trinajstić information content (AvgIpc) is 3.27. The van der Waals surface area contributed by atoms with Gasteiger partial charge in [0.05, 0.1) is 25.9 Å². The van der Waals surface area contributed by atoms with Crippen LogP contribution >= 0.6 is 7.82 Å². The minimum Gasteiger partial charge on any atom is -0.462 e. The largest absolute Gasteiger partial charge is 0.472 e. The molecule has 3 unspecified atom stereocenters. The van der Waals surface area contributed by atoms with Gasteiger partial charge in [-0.15, -0.1) is 0 Å². The van der Waals surface area contributed by atoms with Crippen molar-refractivity contribution >= 4 is 19.8 Å². The molecule has 0 aliphatic rings. The molecule has 0 fully saturated rings. The molecular weight excluding hydrogens is 820 g/mol. The molecule has 0 amide bonds. The molecule has 366 valence electrons. The Morgan fingerprint density at radius 1 is 0.603 bits per heavy atom. The number of ether oxygens (including phenoxy) is 2. The van der Waals surface area contributed by atoms with Crippen molar-refractivity contribution in [2.45, 2.75) is 219 Å². The molecule has 0 aromatic carbocycles. The molecular formula is C51H91O11P. The lowest BCUT2D eigenvalue weighted by molar-refractivity contribution is -0.161. The number of hydrogen-bond acceptors (Lipinski definition) is 10. The van der Waals surface area contributed by atoms with Crippen LogP contribution in [0.15, 0.2) is 60.8 Å². The Hall–Kier alpha value is -2.37. The second kappa shape index (κ2) is 44.8. The van der Waals surface area contributed by atoms with Crippen LogP contribution in [0.5, 0.6) is 0 Å². The summed E-state index contributed by atoms with van der Waals surface area (Å²) in [7, 11) is -4.65. The number of aliphatic hydroxyl groups excluding tert-OH is 3. The van der Waals surface area contributed by atoms with Gasteiger partial charge in [0.15, 0.2) is 6.10 Å².